The molecule has 6 nitrogen and oxygen atoms in total. The predicted molar refractivity (Wildman–Crippen MR) is 61.2 cm³/mol. The lowest BCUT2D eigenvalue weighted by atomic mass is 10.2. The third-order valence-corrected chi connectivity index (χ3v) is 2.21. The van der Waals surface area contributed by atoms with Gasteiger partial charge in [-0.1, -0.05) is 12.1 Å². The molecule has 17 heavy (non-hydrogen) atoms. The van der Waals surface area contributed by atoms with Crippen molar-refractivity contribution in [2.24, 2.45) is 0 Å². The third-order valence-electron chi connectivity index (χ3n) is 2.21. The number of carboxylic acids is 1. The zero-order valence-corrected chi connectivity index (χ0v) is 8.70. The van der Waals surface area contributed by atoms with E-state index in [0.717, 1.165) is 16.9 Å². The molecule has 0 amide bonds. The topological polar surface area (TPSA) is 98.2 Å². The quantitative estimate of drug-likeness (QED) is 0.734. The Balaban J connectivity index is 2.59. The van der Waals surface area contributed by atoms with E-state index < -0.39 is 11.5 Å². The molecule has 2 aromatic rings. The monoisotopic (exact) mass is 231 g/mol. The molecule has 1 aromatic heterocycles. The first-order valence-corrected chi connectivity index (χ1v) is 4.77. The number of carbonyl (C=O) groups is 1. The molecule has 0 bridgehead atoms. The maximum atomic E-state index is 11.7. The Morgan fingerprint density at radius 3 is 2.65 bits per heavy atom. The SMILES string of the molecule is Nc1ccccc1-n1ncc(C(=O)O)cc1=O. The molecule has 0 atom stereocenters. The molecule has 2 rings (SSSR count). The van der Waals surface area contributed by atoms with Gasteiger partial charge in [0.1, 0.15) is 0 Å². The molecule has 0 saturated carbocycles. The summed E-state index contributed by atoms with van der Waals surface area (Å²) in [6.07, 6.45) is 1.11. The van der Waals surface area contributed by atoms with Crippen molar-refractivity contribution in [2.45, 2.75) is 0 Å². The van der Waals surface area contributed by atoms with Crippen molar-refractivity contribution in [2.75, 3.05) is 5.73 Å². The molecule has 3 N–H and O–H groups in total. The van der Waals surface area contributed by atoms with Gasteiger partial charge in [-0.25, -0.2) is 4.79 Å². The Kier molecular flexibility index (Phi) is 2.61. The maximum Gasteiger partial charge on any atom is 0.337 e. The lowest BCUT2D eigenvalue weighted by Crippen LogP contribution is -2.22. The Morgan fingerprint density at radius 1 is 1.35 bits per heavy atom. The molecule has 1 heterocycles. The first-order chi connectivity index (χ1) is 8.09. The molecule has 0 saturated heterocycles. The summed E-state index contributed by atoms with van der Waals surface area (Å²) >= 11 is 0. The summed E-state index contributed by atoms with van der Waals surface area (Å²) in [7, 11) is 0. The van der Waals surface area contributed by atoms with Crippen LogP contribution in [-0.2, 0) is 0 Å². The van der Waals surface area contributed by atoms with Gasteiger partial charge in [0.25, 0.3) is 5.56 Å². The van der Waals surface area contributed by atoms with Gasteiger partial charge in [-0.3, -0.25) is 4.79 Å². The van der Waals surface area contributed by atoms with Crippen LogP contribution in [0.15, 0.2) is 41.3 Å². The van der Waals surface area contributed by atoms with Gasteiger partial charge >= 0.3 is 5.97 Å². The fourth-order valence-corrected chi connectivity index (χ4v) is 1.39. The van der Waals surface area contributed by atoms with Crippen molar-refractivity contribution in [1.29, 1.82) is 0 Å². The summed E-state index contributed by atoms with van der Waals surface area (Å²) in [6, 6.07) is 7.71. The van der Waals surface area contributed by atoms with Crippen LogP contribution in [0.3, 0.4) is 0 Å². The van der Waals surface area contributed by atoms with E-state index >= 15 is 0 Å². The average Bonchev–Trinajstić information content (AvgIpc) is 2.30. The molecule has 0 aliphatic carbocycles. The maximum absolute atomic E-state index is 11.7. The molecular formula is C11H9N3O3. The number of benzene rings is 1. The van der Waals surface area contributed by atoms with Gasteiger partial charge in [-0.15, -0.1) is 0 Å². The van der Waals surface area contributed by atoms with Gasteiger partial charge in [-0.2, -0.15) is 9.78 Å². The molecule has 6 heteroatoms. The Labute approximate surface area is 95.9 Å². The highest BCUT2D eigenvalue weighted by molar-refractivity contribution is 5.86. The Morgan fingerprint density at radius 2 is 2.06 bits per heavy atom. The number of hydrogen-bond acceptors (Lipinski definition) is 4. The summed E-state index contributed by atoms with van der Waals surface area (Å²) in [5, 5.41) is 12.5. The molecule has 0 aliphatic heterocycles. The number of nitrogen functional groups attached to an aromatic ring is 1. The van der Waals surface area contributed by atoms with Crippen LogP contribution in [0, 0.1) is 0 Å². The molecule has 0 spiro atoms. The van der Waals surface area contributed by atoms with E-state index in [0.29, 0.717) is 11.4 Å². The largest absolute Gasteiger partial charge is 0.478 e. The van der Waals surface area contributed by atoms with E-state index in [1.807, 2.05) is 0 Å². The second-order valence-corrected chi connectivity index (χ2v) is 3.36. The lowest BCUT2D eigenvalue weighted by molar-refractivity contribution is 0.0696. The predicted octanol–water partition coefficient (Wildman–Crippen LogP) is 0.513. The number of nitrogens with zero attached hydrogens (tertiary/aromatic N) is 2. The minimum Gasteiger partial charge on any atom is -0.478 e. The molecule has 1 aromatic carbocycles. The Bertz CT molecular complexity index is 634. The van der Waals surface area contributed by atoms with Crippen molar-refractivity contribution < 1.29 is 9.90 Å². The standard InChI is InChI=1S/C11H9N3O3/c12-8-3-1-2-4-9(8)14-10(15)5-7(6-13-14)11(16)17/h1-6H,12H2,(H,16,17). The van der Waals surface area contributed by atoms with Crippen LogP contribution in [0.4, 0.5) is 5.69 Å². The van der Waals surface area contributed by atoms with Gasteiger partial charge in [0, 0.05) is 6.07 Å². The van der Waals surface area contributed by atoms with Gasteiger partial charge in [0.05, 0.1) is 23.1 Å². The van der Waals surface area contributed by atoms with Crippen molar-refractivity contribution in [1.82, 2.24) is 9.78 Å². The number of anilines is 1. The highest BCUT2D eigenvalue weighted by atomic mass is 16.4. The van der Waals surface area contributed by atoms with Crippen LogP contribution in [0.1, 0.15) is 10.4 Å². The summed E-state index contributed by atoms with van der Waals surface area (Å²) < 4.78 is 1.06. The highest BCUT2D eigenvalue weighted by Crippen LogP contribution is 2.12. The fraction of sp³-hybridized carbons (Fsp3) is 0. The van der Waals surface area contributed by atoms with Crippen molar-refractivity contribution >= 4 is 11.7 Å². The zero-order chi connectivity index (χ0) is 12.4. The van der Waals surface area contributed by atoms with E-state index in [4.69, 9.17) is 10.8 Å². The van der Waals surface area contributed by atoms with Crippen LogP contribution in [0.2, 0.25) is 0 Å². The highest BCUT2D eigenvalue weighted by Gasteiger charge is 2.08. The van der Waals surface area contributed by atoms with Gasteiger partial charge in [0.15, 0.2) is 0 Å². The third kappa shape index (κ3) is 2.00. The average molecular weight is 231 g/mol. The summed E-state index contributed by atoms with van der Waals surface area (Å²) in [4.78, 5) is 22.3. The smallest absolute Gasteiger partial charge is 0.337 e. The van der Waals surface area contributed by atoms with Crippen LogP contribution >= 0.6 is 0 Å². The fourth-order valence-electron chi connectivity index (χ4n) is 1.39. The van der Waals surface area contributed by atoms with Gasteiger partial charge < -0.3 is 10.8 Å². The van der Waals surface area contributed by atoms with Crippen LogP contribution < -0.4 is 11.3 Å². The zero-order valence-electron chi connectivity index (χ0n) is 8.70. The van der Waals surface area contributed by atoms with E-state index in [9.17, 15) is 9.59 Å². The molecule has 86 valence electrons. The number of rotatable bonds is 2. The molecule has 0 fully saturated rings. The molecule has 0 radical (unpaired) electrons. The second-order valence-electron chi connectivity index (χ2n) is 3.36. The number of nitrogens with two attached hydrogens (primary N) is 1. The van der Waals surface area contributed by atoms with Crippen LogP contribution in [0.5, 0.6) is 0 Å². The van der Waals surface area contributed by atoms with Crippen LogP contribution in [0.25, 0.3) is 5.69 Å². The van der Waals surface area contributed by atoms with Gasteiger partial charge in [0.2, 0.25) is 0 Å². The minimum atomic E-state index is -1.19. The summed E-state index contributed by atoms with van der Waals surface area (Å²) in [5.74, 6) is -1.19. The van der Waals surface area contributed by atoms with Crippen LogP contribution in [-0.4, -0.2) is 20.9 Å². The number of para-hydroxylation sites is 2. The van der Waals surface area contributed by atoms with E-state index in [-0.39, 0.29) is 5.56 Å². The number of aromatic nitrogens is 2. The molecular weight excluding hydrogens is 222 g/mol. The lowest BCUT2D eigenvalue weighted by Gasteiger charge is -2.06. The van der Waals surface area contributed by atoms with E-state index in [2.05, 4.69) is 5.10 Å². The normalized spacial score (nSPS) is 10.1. The first-order valence-electron chi connectivity index (χ1n) is 4.77. The summed E-state index contributed by atoms with van der Waals surface area (Å²) in [6.45, 7) is 0. The van der Waals surface area contributed by atoms with Crippen molar-refractivity contribution in [3.63, 3.8) is 0 Å². The number of hydrogen-bond donors (Lipinski definition) is 2. The molecule has 0 unspecified atom stereocenters. The number of aromatic carboxylic acids is 1. The number of carboxylic acid groups (broad SMARTS) is 1. The van der Waals surface area contributed by atoms with E-state index in [1.54, 1.807) is 24.3 Å². The van der Waals surface area contributed by atoms with Crippen molar-refractivity contribution in [3.8, 4) is 5.69 Å². The second kappa shape index (κ2) is 4.09. The summed E-state index contributed by atoms with van der Waals surface area (Å²) in [5.41, 5.74) is 5.83. The van der Waals surface area contributed by atoms with Gasteiger partial charge in [-0.05, 0) is 12.1 Å². The first kappa shape index (κ1) is 10.9. The molecule has 0 aliphatic rings. The minimum absolute atomic E-state index is 0.152. The Hall–Kier alpha value is -2.63. The van der Waals surface area contributed by atoms with E-state index in [1.165, 1.54) is 0 Å². The van der Waals surface area contributed by atoms with Crippen molar-refractivity contribution in [3.05, 3.63) is 52.4 Å².